The highest BCUT2D eigenvalue weighted by Gasteiger charge is 2.32. The number of hydrogen-bond acceptors (Lipinski definition) is 8. The fourth-order valence-corrected chi connectivity index (χ4v) is 5.00. The van der Waals surface area contributed by atoms with Gasteiger partial charge in [-0.2, -0.15) is 0 Å². The van der Waals surface area contributed by atoms with Crippen LogP contribution in [0.15, 0.2) is 18.2 Å². The summed E-state index contributed by atoms with van der Waals surface area (Å²) in [5, 5.41) is 0. The molecule has 1 aliphatic carbocycles. The average Bonchev–Trinajstić information content (AvgIpc) is 3.06. The third-order valence-electron chi connectivity index (χ3n) is 5.50. The molecule has 31 heavy (non-hydrogen) atoms. The first kappa shape index (κ1) is 23.9. The molecule has 0 amide bonds. The molecule has 1 N–H and O–H groups in total. The minimum Gasteiger partial charge on any atom is -0.483 e. The topological polar surface area (TPSA) is 77.1 Å². The highest BCUT2D eigenvalue weighted by molar-refractivity contribution is 7.95. The summed E-state index contributed by atoms with van der Waals surface area (Å²) in [5.74, 6) is 0.561. The molecule has 0 saturated heterocycles. The summed E-state index contributed by atoms with van der Waals surface area (Å²) >= 11 is 1.40. The summed E-state index contributed by atoms with van der Waals surface area (Å²) in [4.78, 5) is 24.2. The van der Waals surface area contributed by atoms with Gasteiger partial charge in [0, 0.05) is 36.7 Å². The zero-order valence-corrected chi connectivity index (χ0v) is 19.6. The molecule has 3 rings (SSSR count). The van der Waals surface area contributed by atoms with Crippen molar-refractivity contribution in [3.8, 4) is 11.5 Å². The molecule has 0 atom stereocenters. The van der Waals surface area contributed by atoms with Gasteiger partial charge in [0.2, 0.25) is 0 Å². The van der Waals surface area contributed by atoms with Crippen molar-refractivity contribution in [1.29, 1.82) is 0 Å². The molecular weight excluding hydrogens is 416 g/mol. The molecule has 1 heterocycles. The van der Waals surface area contributed by atoms with Gasteiger partial charge in [0.05, 0.1) is 13.0 Å². The number of nitrogens with one attached hydrogen (secondary N) is 1. The van der Waals surface area contributed by atoms with Gasteiger partial charge in [0.1, 0.15) is 12.1 Å². The lowest BCUT2D eigenvalue weighted by molar-refractivity contribution is -0.143. The van der Waals surface area contributed by atoms with E-state index in [4.69, 9.17) is 14.2 Å². The molecule has 7 nitrogen and oxygen atoms in total. The summed E-state index contributed by atoms with van der Waals surface area (Å²) < 4.78 is 21.9. The van der Waals surface area contributed by atoms with E-state index in [0.717, 1.165) is 24.8 Å². The smallest absolute Gasteiger partial charge is 0.326 e. The quantitative estimate of drug-likeness (QED) is 0.325. The van der Waals surface area contributed by atoms with E-state index in [1.807, 2.05) is 32.9 Å². The lowest BCUT2D eigenvalue weighted by Gasteiger charge is -2.32. The number of fused-ring (bicyclic) bond motifs is 1. The predicted molar refractivity (Wildman–Crippen MR) is 121 cm³/mol. The molecule has 0 unspecified atom stereocenters. The number of para-hydroxylation sites is 1. The zero-order chi connectivity index (χ0) is 22.3. The molecule has 1 fully saturated rings. The van der Waals surface area contributed by atoms with E-state index in [0.29, 0.717) is 37.1 Å². The first-order chi connectivity index (χ1) is 14.9. The number of esters is 2. The maximum atomic E-state index is 12.4. The number of rotatable bonds is 10. The minimum absolute atomic E-state index is 0.0559. The van der Waals surface area contributed by atoms with Crippen molar-refractivity contribution in [3.63, 3.8) is 0 Å². The maximum Gasteiger partial charge on any atom is 0.326 e. The second-order valence-corrected chi connectivity index (χ2v) is 9.60. The summed E-state index contributed by atoms with van der Waals surface area (Å²) in [6, 6.07) is 6.04. The lowest BCUT2D eigenvalue weighted by Crippen LogP contribution is -2.36. The second kappa shape index (κ2) is 11.2. The highest BCUT2D eigenvalue weighted by Crippen LogP contribution is 2.41. The van der Waals surface area contributed by atoms with Gasteiger partial charge in [-0.05, 0) is 39.7 Å². The standard InChI is InChI=1S/C23H34N2O5S/c1-4-28-20(26)13-14-25(18-10-6-5-7-11-18)31-24-16-21(27)29-19-12-8-9-17-15-23(2,3)30-22(17)19/h8-9,12,18,24H,4-7,10-11,13-16H2,1-3H3. The van der Waals surface area contributed by atoms with Gasteiger partial charge >= 0.3 is 11.9 Å². The molecule has 0 spiro atoms. The third kappa shape index (κ3) is 7.12. The van der Waals surface area contributed by atoms with E-state index in [1.54, 1.807) is 6.07 Å². The Labute approximate surface area is 189 Å². The Morgan fingerprint density at radius 1 is 1.23 bits per heavy atom. The van der Waals surface area contributed by atoms with Crippen molar-refractivity contribution in [2.45, 2.75) is 77.4 Å². The van der Waals surface area contributed by atoms with Crippen LogP contribution in [0.25, 0.3) is 0 Å². The summed E-state index contributed by atoms with van der Waals surface area (Å²) in [6.45, 7) is 6.89. The largest absolute Gasteiger partial charge is 0.483 e. The predicted octanol–water partition coefficient (Wildman–Crippen LogP) is 4.05. The molecule has 1 aliphatic heterocycles. The molecule has 0 radical (unpaired) electrons. The summed E-state index contributed by atoms with van der Waals surface area (Å²) in [5.41, 5.74) is 0.762. The molecule has 0 aromatic heterocycles. The molecule has 1 saturated carbocycles. The fraction of sp³-hybridized carbons (Fsp3) is 0.652. The van der Waals surface area contributed by atoms with Crippen LogP contribution in [0.5, 0.6) is 11.5 Å². The first-order valence-electron chi connectivity index (χ1n) is 11.2. The van der Waals surface area contributed by atoms with E-state index >= 15 is 0 Å². The normalized spacial score (nSPS) is 17.8. The van der Waals surface area contributed by atoms with Crippen molar-refractivity contribution in [3.05, 3.63) is 23.8 Å². The number of hydrogen-bond donors (Lipinski definition) is 1. The fourth-order valence-electron chi connectivity index (χ4n) is 4.11. The van der Waals surface area contributed by atoms with Gasteiger partial charge < -0.3 is 14.2 Å². The van der Waals surface area contributed by atoms with Gasteiger partial charge in [-0.1, -0.05) is 31.4 Å². The van der Waals surface area contributed by atoms with Crippen molar-refractivity contribution in [2.75, 3.05) is 19.7 Å². The molecule has 8 heteroatoms. The molecule has 172 valence electrons. The average molecular weight is 451 g/mol. The van der Waals surface area contributed by atoms with Gasteiger partial charge in [0.25, 0.3) is 0 Å². The van der Waals surface area contributed by atoms with Crippen molar-refractivity contribution in [1.82, 2.24) is 9.03 Å². The molecule has 2 aliphatic rings. The van der Waals surface area contributed by atoms with E-state index in [1.165, 1.54) is 31.4 Å². The number of nitrogens with zero attached hydrogens (tertiary/aromatic N) is 1. The number of benzene rings is 1. The Morgan fingerprint density at radius 2 is 2.00 bits per heavy atom. The Morgan fingerprint density at radius 3 is 2.74 bits per heavy atom. The Bertz CT molecular complexity index is 764. The van der Waals surface area contributed by atoms with E-state index in [9.17, 15) is 9.59 Å². The van der Waals surface area contributed by atoms with Crippen LogP contribution in [0.4, 0.5) is 0 Å². The Hall–Kier alpha value is -1.77. The molecule has 0 bridgehead atoms. The van der Waals surface area contributed by atoms with Crippen LogP contribution in [0.3, 0.4) is 0 Å². The van der Waals surface area contributed by atoms with E-state index in [2.05, 4.69) is 9.03 Å². The second-order valence-electron chi connectivity index (χ2n) is 8.66. The summed E-state index contributed by atoms with van der Waals surface area (Å²) in [6.07, 6.45) is 6.98. The van der Waals surface area contributed by atoms with E-state index in [-0.39, 0.29) is 24.1 Å². The van der Waals surface area contributed by atoms with Crippen LogP contribution in [0.2, 0.25) is 0 Å². The number of ether oxygens (including phenoxy) is 3. The van der Waals surface area contributed by atoms with Crippen LogP contribution >= 0.6 is 12.1 Å². The zero-order valence-electron chi connectivity index (χ0n) is 18.8. The highest BCUT2D eigenvalue weighted by atomic mass is 32.2. The van der Waals surface area contributed by atoms with Gasteiger partial charge in [-0.15, -0.1) is 0 Å². The van der Waals surface area contributed by atoms with Crippen molar-refractivity contribution in [2.24, 2.45) is 0 Å². The van der Waals surface area contributed by atoms with Crippen LogP contribution in [-0.4, -0.2) is 47.6 Å². The third-order valence-corrected chi connectivity index (χ3v) is 6.49. The molecule has 1 aromatic rings. The van der Waals surface area contributed by atoms with Gasteiger partial charge in [0.15, 0.2) is 11.5 Å². The summed E-state index contributed by atoms with van der Waals surface area (Å²) in [7, 11) is 0. The van der Waals surface area contributed by atoms with Gasteiger partial charge in [-0.25, -0.2) is 9.03 Å². The van der Waals surface area contributed by atoms with Crippen molar-refractivity contribution >= 4 is 24.1 Å². The Balaban J connectivity index is 1.50. The van der Waals surface area contributed by atoms with Crippen molar-refractivity contribution < 1.29 is 23.8 Å². The number of carbonyl (C=O) groups excluding carboxylic acids is 2. The SMILES string of the molecule is CCOC(=O)CCN(SNCC(=O)Oc1cccc2c1OC(C)(C)C2)C1CCCCC1. The minimum atomic E-state index is -0.372. The lowest BCUT2D eigenvalue weighted by atomic mass is 9.95. The van der Waals surface area contributed by atoms with Crippen LogP contribution in [-0.2, 0) is 20.7 Å². The number of carbonyl (C=O) groups is 2. The van der Waals surface area contributed by atoms with E-state index < -0.39 is 0 Å². The van der Waals surface area contributed by atoms with Crippen LogP contribution < -0.4 is 14.2 Å². The molecule has 1 aromatic carbocycles. The monoisotopic (exact) mass is 450 g/mol. The Kier molecular flexibility index (Phi) is 8.63. The van der Waals surface area contributed by atoms with Crippen LogP contribution in [0, 0.1) is 0 Å². The first-order valence-corrected chi connectivity index (χ1v) is 12.0. The van der Waals surface area contributed by atoms with Crippen LogP contribution in [0.1, 0.15) is 64.9 Å². The maximum absolute atomic E-state index is 12.4. The van der Waals surface area contributed by atoms with Gasteiger partial charge in [-0.3, -0.25) is 9.59 Å². The molecular formula is C23H34N2O5S.